The highest BCUT2D eigenvalue weighted by molar-refractivity contribution is 9.10. The van der Waals surface area contributed by atoms with Gasteiger partial charge in [-0.1, -0.05) is 39.1 Å². The summed E-state index contributed by atoms with van der Waals surface area (Å²) >= 11 is 15.4. The van der Waals surface area contributed by atoms with Crippen molar-refractivity contribution < 1.29 is 18.8 Å². The normalized spacial score (nSPS) is 10.7. The monoisotopic (exact) mass is 562 g/mol. The fraction of sp³-hybridized carbons (Fsp3) is 0. The molecule has 0 spiro atoms. The van der Waals surface area contributed by atoms with Crippen LogP contribution in [0.4, 0.5) is 15.8 Å². The summed E-state index contributed by atoms with van der Waals surface area (Å²) in [4.78, 5) is 38.1. The topological polar surface area (TPSA) is 92.2 Å². The number of benzene rings is 3. The summed E-state index contributed by atoms with van der Waals surface area (Å²) < 4.78 is 15.0. The third kappa shape index (κ3) is 5.22. The quantitative estimate of drug-likeness (QED) is 0.274. The van der Waals surface area contributed by atoms with Gasteiger partial charge in [0.2, 0.25) is 0 Å². The minimum atomic E-state index is -1.04. The van der Waals surface area contributed by atoms with Crippen LogP contribution in [-0.2, 0) is 9.59 Å². The molecule has 172 valence electrons. The Labute approximate surface area is 210 Å². The highest BCUT2D eigenvalue weighted by Crippen LogP contribution is 2.27. The third-order valence-electron chi connectivity index (χ3n) is 4.70. The molecule has 0 aliphatic heterocycles. The predicted molar refractivity (Wildman–Crippen MR) is 133 cm³/mol. The van der Waals surface area contributed by atoms with Crippen molar-refractivity contribution in [3.05, 3.63) is 92.8 Å². The molecule has 3 aromatic carbocycles. The maximum absolute atomic E-state index is 13.1. The predicted octanol–water partition coefficient (Wildman–Crippen LogP) is 5.81. The molecule has 0 unspecified atom stereocenters. The van der Waals surface area contributed by atoms with E-state index in [-0.39, 0.29) is 16.4 Å². The molecule has 0 radical (unpaired) electrons. The minimum Gasteiger partial charge on any atom is -0.319 e. The van der Waals surface area contributed by atoms with E-state index >= 15 is 0 Å². The van der Waals surface area contributed by atoms with Crippen molar-refractivity contribution in [3.63, 3.8) is 0 Å². The van der Waals surface area contributed by atoms with Crippen molar-refractivity contribution in [2.75, 3.05) is 16.1 Å². The molecule has 0 atom stereocenters. The lowest BCUT2D eigenvalue weighted by Crippen LogP contribution is -2.36. The molecule has 0 bridgehead atoms. The molecule has 4 aromatic rings. The number of nitrogens with one attached hydrogen (secondary N) is 3. The number of hydrogen-bond donors (Lipinski definition) is 3. The number of fused-ring (bicyclic) bond motifs is 1. The smallest absolute Gasteiger partial charge is 0.319 e. The molecule has 1 heterocycles. The van der Waals surface area contributed by atoms with Gasteiger partial charge < -0.3 is 10.6 Å². The number of hydrogen-bond acceptors (Lipinski definition) is 3. The molecular weight excluding hydrogens is 550 g/mol. The first-order valence-corrected chi connectivity index (χ1v) is 11.2. The summed E-state index contributed by atoms with van der Waals surface area (Å²) in [6.07, 6.45) is 0. The van der Waals surface area contributed by atoms with Crippen molar-refractivity contribution in [3.8, 4) is 0 Å². The molecule has 3 amide bonds. The van der Waals surface area contributed by atoms with Crippen LogP contribution in [0, 0.1) is 5.82 Å². The van der Waals surface area contributed by atoms with Crippen LogP contribution in [0.5, 0.6) is 0 Å². The van der Waals surface area contributed by atoms with E-state index in [0.717, 1.165) is 16.6 Å². The van der Waals surface area contributed by atoms with Crippen molar-refractivity contribution in [1.82, 2.24) is 4.68 Å². The van der Waals surface area contributed by atoms with Crippen LogP contribution < -0.4 is 16.1 Å². The lowest BCUT2D eigenvalue weighted by atomic mass is 10.2. The number of carbonyl (C=O) groups is 3. The van der Waals surface area contributed by atoms with Gasteiger partial charge in [0, 0.05) is 20.6 Å². The van der Waals surface area contributed by atoms with E-state index in [2.05, 4.69) is 32.0 Å². The van der Waals surface area contributed by atoms with Gasteiger partial charge in [-0.15, -0.1) is 0 Å². The second kappa shape index (κ2) is 9.84. The van der Waals surface area contributed by atoms with E-state index in [9.17, 15) is 18.8 Å². The van der Waals surface area contributed by atoms with Crippen molar-refractivity contribution >= 4 is 79.1 Å². The summed E-state index contributed by atoms with van der Waals surface area (Å²) in [6, 6.07) is 16.2. The maximum Gasteiger partial charge on any atom is 0.328 e. The Balaban J connectivity index is 1.63. The number of anilines is 2. The van der Waals surface area contributed by atoms with Gasteiger partial charge in [0.1, 0.15) is 11.5 Å². The molecule has 0 saturated heterocycles. The second-order valence-corrected chi connectivity index (χ2v) is 8.81. The Bertz CT molecular complexity index is 1440. The molecular formula is C23H14BrCl2FN4O3. The van der Waals surface area contributed by atoms with Crippen LogP contribution in [0.15, 0.2) is 71.2 Å². The van der Waals surface area contributed by atoms with Gasteiger partial charge in [0.25, 0.3) is 5.91 Å². The lowest BCUT2D eigenvalue weighted by Gasteiger charge is -2.13. The van der Waals surface area contributed by atoms with E-state index < -0.39 is 23.5 Å². The molecule has 7 nitrogen and oxygen atoms in total. The SMILES string of the molecule is O=C(Nc1ccc(F)cc1)C(=O)Nn1c(C(=O)Nc2ccc(Cl)cc2Cl)cc2cc(Br)ccc21. The van der Waals surface area contributed by atoms with Gasteiger partial charge >= 0.3 is 11.8 Å². The van der Waals surface area contributed by atoms with Crippen LogP contribution >= 0.6 is 39.1 Å². The van der Waals surface area contributed by atoms with Gasteiger partial charge in [0.05, 0.1) is 16.2 Å². The average molecular weight is 564 g/mol. The summed E-state index contributed by atoms with van der Waals surface area (Å²) in [5.41, 5.74) is 3.50. The van der Waals surface area contributed by atoms with Gasteiger partial charge in [-0.25, -0.2) is 9.07 Å². The summed E-state index contributed by atoms with van der Waals surface area (Å²) in [5, 5.41) is 6.30. The standard InChI is InChI=1S/C23H14BrCl2FN4O3/c24-13-1-8-19-12(9-13)10-20(21(32)29-18-7-2-14(25)11-17(18)26)31(19)30-23(34)22(33)28-16-5-3-15(27)4-6-16/h1-11H,(H,28,33)(H,29,32)(H,30,34). The lowest BCUT2D eigenvalue weighted by molar-refractivity contribution is -0.133. The number of amides is 3. The Morgan fingerprint density at radius 3 is 2.29 bits per heavy atom. The summed E-state index contributed by atoms with van der Waals surface area (Å²) in [5.74, 6) is -3.11. The highest BCUT2D eigenvalue weighted by atomic mass is 79.9. The molecule has 0 aliphatic carbocycles. The van der Waals surface area contributed by atoms with Crippen LogP contribution in [0.1, 0.15) is 10.5 Å². The molecule has 0 aliphatic rings. The van der Waals surface area contributed by atoms with E-state index in [4.69, 9.17) is 23.2 Å². The Morgan fingerprint density at radius 2 is 1.59 bits per heavy atom. The fourth-order valence-electron chi connectivity index (χ4n) is 3.12. The van der Waals surface area contributed by atoms with Gasteiger partial charge in [-0.05, 0) is 66.7 Å². The summed E-state index contributed by atoms with van der Waals surface area (Å²) in [6.45, 7) is 0. The first-order chi connectivity index (χ1) is 16.2. The fourth-order valence-corrected chi connectivity index (χ4v) is 3.96. The number of carbonyl (C=O) groups excluding carboxylic acids is 3. The summed E-state index contributed by atoms with van der Waals surface area (Å²) in [7, 11) is 0. The van der Waals surface area contributed by atoms with Crippen LogP contribution in [0.25, 0.3) is 10.9 Å². The van der Waals surface area contributed by atoms with Crippen molar-refractivity contribution in [1.29, 1.82) is 0 Å². The molecule has 4 rings (SSSR count). The van der Waals surface area contributed by atoms with E-state index in [1.807, 2.05) is 0 Å². The van der Waals surface area contributed by atoms with E-state index in [1.54, 1.807) is 36.4 Å². The average Bonchev–Trinajstić information content (AvgIpc) is 3.14. The first kappa shape index (κ1) is 23.7. The molecule has 0 saturated carbocycles. The van der Waals surface area contributed by atoms with Crippen molar-refractivity contribution in [2.45, 2.75) is 0 Å². The zero-order valence-electron chi connectivity index (χ0n) is 17.0. The molecule has 11 heteroatoms. The molecule has 0 fully saturated rings. The zero-order chi connectivity index (χ0) is 24.4. The second-order valence-electron chi connectivity index (χ2n) is 7.05. The number of rotatable bonds is 4. The maximum atomic E-state index is 13.1. The van der Waals surface area contributed by atoms with Crippen LogP contribution in [-0.4, -0.2) is 22.4 Å². The molecule has 3 N–H and O–H groups in total. The Morgan fingerprint density at radius 1 is 0.853 bits per heavy atom. The minimum absolute atomic E-state index is 0.0436. The molecule has 34 heavy (non-hydrogen) atoms. The van der Waals surface area contributed by atoms with E-state index in [1.165, 1.54) is 22.9 Å². The van der Waals surface area contributed by atoms with Crippen LogP contribution in [0.2, 0.25) is 10.0 Å². The zero-order valence-corrected chi connectivity index (χ0v) is 20.1. The first-order valence-electron chi connectivity index (χ1n) is 9.66. The van der Waals surface area contributed by atoms with Gasteiger partial charge in [-0.2, -0.15) is 0 Å². The Kier molecular flexibility index (Phi) is 6.87. The number of aromatic nitrogens is 1. The number of nitrogens with zero attached hydrogens (tertiary/aromatic N) is 1. The van der Waals surface area contributed by atoms with Crippen LogP contribution in [0.3, 0.4) is 0 Å². The third-order valence-corrected chi connectivity index (χ3v) is 5.74. The largest absolute Gasteiger partial charge is 0.328 e. The van der Waals surface area contributed by atoms with Gasteiger partial charge in [0.15, 0.2) is 0 Å². The molecule has 1 aromatic heterocycles. The van der Waals surface area contributed by atoms with Crippen molar-refractivity contribution in [2.24, 2.45) is 0 Å². The van der Waals surface area contributed by atoms with Gasteiger partial charge in [-0.3, -0.25) is 19.8 Å². The Hall–Kier alpha value is -3.40. The number of halogens is 4. The highest BCUT2D eigenvalue weighted by Gasteiger charge is 2.22. The van der Waals surface area contributed by atoms with E-state index in [0.29, 0.717) is 21.6 Å².